The van der Waals surface area contributed by atoms with Crippen molar-refractivity contribution in [2.75, 3.05) is 26.4 Å². The maximum atomic E-state index is 5.63. The summed E-state index contributed by atoms with van der Waals surface area (Å²) in [4.78, 5) is 3.95. The van der Waals surface area contributed by atoms with Crippen LogP contribution < -0.4 is 5.73 Å². The van der Waals surface area contributed by atoms with E-state index in [1.807, 2.05) is 19.1 Å². The zero-order chi connectivity index (χ0) is 10.9. The van der Waals surface area contributed by atoms with Crippen molar-refractivity contribution in [3.63, 3.8) is 0 Å². The van der Waals surface area contributed by atoms with E-state index < -0.39 is 0 Å². The van der Waals surface area contributed by atoms with Gasteiger partial charge in [-0.2, -0.15) is 0 Å². The summed E-state index contributed by atoms with van der Waals surface area (Å²) in [6.45, 7) is 4.32. The SMILES string of the molecule is CCOCCOC(CN)c1ccncc1. The van der Waals surface area contributed by atoms with Gasteiger partial charge in [0.2, 0.25) is 0 Å². The molecule has 1 rings (SSSR count). The minimum absolute atomic E-state index is 0.0616. The Balaban J connectivity index is 2.36. The monoisotopic (exact) mass is 210 g/mol. The summed E-state index contributed by atoms with van der Waals surface area (Å²) in [6.07, 6.45) is 3.42. The van der Waals surface area contributed by atoms with Crippen LogP contribution in [0.15, 0.2) is 24.5 Å². The molecule has 0 bridgehead atoms. The predicted molar refractivity (Wildman–Crippen MR) is 58.5 cm³/mol. The average molecular weight is 210 g/mol. The van der Waals surface area contributed by atoms with Gasteiger partial charge in [0.05, 0.1) is 19.3 Å². The van der Waals surface area contributed by atoms with Crippen LogP contribution in [0.5, 0.6) is 0 Å². The number of ether oxygens (including phenoxy) is 2. The molecule has 0 fully saturated rings. The fourth-order valence-electron chi connectivity index (χ4n) is 1.27. The zero-order valence-corrected chi connectivity index (χ0v) is 9.06. The lowest BCUT2D eigenvalue weighted by Crippen LogP contribution is -2.18. The highest BCUT2D eigenvalue weighted by molar-refractivity contribution is 5.13. The van der Waals surface area contributed by atoms with Crippen LogP contribution in [-0.4, -0.2) is 31.3 Å². The van der Waals surface area contributed by atoms with E-state index in [4.69, 9.17) is 15.2 Å². The van der Waals surface area contributed by atoms with Crippen molar-refractivity contribution in [3.05, 3.63) is 30.1 Å². The highest BCUT2D eigenvalue weighted by atomic mass is 16.5. The van der Waals surface area contributed by atoms with E-state index in [9.17, 15) is 0 Å². The second kappa shape index (κ2) is 7.34. The molecule has 0 aliphatic heterocycles. The summed E-state index contributed by atoms with van der Waals surface area (Å²) in [7, 11) is 0. The molecule has 0 aliphatic rings. The Hall–Kier alpha value is -0.970. The van der Waals surface area contributed by atoms with Crippen molar-refractivity contribution in [3.8, 4) is 0 Å². The molecular formula is C11H18N2O2. The van der Waals surface area contributed by atoms with Crippen molar-refractivity contribution in [1.29, 1.82) is 0 Å². The lowest BCUT2D eigenvalue weighted by molar-refractivity contribution is 0.0104. The van der Waals surface area contributed by atoms with Gasteiger partial charge in [-0.25, -0.2) is 0 Å². The van der Waals surface area contributed by atoms with Gasteiger partial charge < -0.3 is 15.2 Å². The third-order valence-electron chi connectivity index (χ3n) is 2.04. The first-order valence-electron chi connectivity index (χ1n) is 5.17. The summed E-state index contributed by atoms with van der Waals surface area (Å²) in [5, 5.41) is 0. The summed E-state index contributed by atoms with van der Waals surface area (Å²) >= 11 is 0. The number of hydrogen-bond donors (Lipinski definition) is 1. The molecule has 15 heavy (non-hydrogen) atoms. The van der Waals surface area contributed by atoms with Crippen LogP contribution in [0.3, 0.4) is 0 Å². The molecule has 0 aliphatic carbocycles. The number of nitrogens with two attached hydrogens (primary N) is 1. The van der Waals surface area contributed by atoms with Crippen molar-refractivity contribution < 1.29 is 9.47 Å². The molecule has 1 aromatic rings. The van der Waals surface area contributed by atoms with E-state index in [0.717, 1.165) is 5.56 Å². The van der Waals surface area contributed by atoms with Crippen LogP contribution in [0.25, 0.3) is 0 Å². The number of hydrogen-bond acceptors (Lipinski definition) is 4. The quantitative estimate of drug-likeness (QED) is 0.685. The number of pyridine rings is 1. The molecule has 0 saturated heterocycles. The van der Waals surface area contributed by atoms with E-state index >= 15 is 0 Å². The lowest BCUT2D eigenvalue weighted by atomic mass is 10.1. The van der Waals surface area contributed by atoms with Crippen LogP contribution >= 0.6 is 0 Å². The Morgan fingerprint density at radius 3 is 2.67 bits per heavy atom. The topological polar surface area (TPSA) is 57.4 Å². The molecule has 0 amide bonds. The molecule has 84 valence electrons. The fourth-order valence-corrected chi connectivity index (χ4v) is 1.27. The van der Waals surface area contributed by atoms with Gasteiger partial charge in [-0.3, -0.25) is 4.98 Å². The first-order valence-corrected chi connectivity index (χ1v) is 5.17. The average Bonchev–Trinajstić information content (AvgIpc) is 2.30. The Morgan fingerprint density at radius 1 is 1.33 bits per heavy atom. The smallest absolute Gasteiger partial charge is 0.0949 e. The summed E-state index contributed by atoms with van der Waals surface area (Å²) in [6, 6.07) is 3.83. The molecule has 0 saturated carbocycles. The van der Waals surface area contributed by atoms with Gasteiger partial charge in [0.15, 0.2) is 0 Å². The number of nitrogens with zero attached hydrogens (tertiary/aromatic N) is 1. The Bertz CT molecular complexity index is 254. The van der Waals surface area contributed by atoms with Gasteiger partial charge in [-0.15, -0.1) is 0 Å². The minimum atomic E-state index is -0.0616. The molecular weight excluding hydrogens is 192 g/mol. The van der Waals surface area contributed by atoms with E-state index in [0.29, 0.717) is 26.4 Å². The van der Waals surface area contributed by atoms with Crippen molar-refractivity contribution in [1.82, 2.24) is 4.98 Å². The van der Waals surface area contributed by atoms with Crippen molar-refractivity contribution >= 4 is 0 Å². The molecule has 4 heteroatoms. The van der Waals surface area contributed by atoms with Crippen molar-refractivity contribution in [2.24, 2.45) is 5.73 Å². The lowest BCUT2D eigenvalue weighted by Gasteiger charge is -2.15. The maximum absolute atomic E-state index is 5.63. The molecule has 0 aromatic carbocycles. The van der Waals surface area contributed by atoms with Gasteiger partial charge in [-0.05, 0) is 24.6 Å². The first-order chi connectivity index (χ1) is 7.38. The molecule has 1 aromatic heterocycles. The number of rotatable bonds is 7. The molecule has 0 spiro atoms. The highest BCUT2D eigenvalue weighted by Crippen LogP contribution is 2.14. The molecule has 2 N–H and O–H groups in total. The Labute approximate surface area is 90.4 Å². The van der Waals surface area contributed by atoms with Gasteiger partial charge in [0, 0.05) is 25.5 Å². The van der Waals surface area contributed by atoms with Crippen LogP contribution in [0.4, 0.5) is 0 Å². The Morgan fingerprint density at radius 2 is 2.07 bits per heavy atom. The normalized spacial score (nSPS) is 12.7. The van der Waals surface area contributed by atoms with Gasteiger partial charge in [0.1, 0.15) is 0 Å². The second-order valence-electron chi connectivity index (χ2n) is 3.07. The fraction of sp³-hybridized carbons (Fsp3) is 0.545. The summed E-state index contributed by atoms with van der Waals surface area (Å²) in [5.74, 6) is 0. The van der Waals surface area contributed by atoms with E-state index in [1.165, 1.54) is 0 Å². The van der Waals surface area contributed by atoms with Gasteiger partial charge in [0.25, 0.3) is 0 Å². The molecule has 0 radical (unpaired) electrons. The van der Waals surface area contributed by atoms with Crippen LogP contribution in [0.1, 0.15) is 18.6 Å². The molecule has 1 unspecified atom stereocenters. The third-order valence-corrected chi connectivity index (χ3v) is 2.04. The molecule has 1 atom stereocenters. The van der Waals surface area contributed by atoms with Crippen LogP contribution in [-0.2, 0) is 9.47 Å². The van der Waals surface area contributed by atoms with E-state index in [2.05, 4.69) is 4.98 Å². The first kappa shape index (κ1) is 12.1. The minimum Gasteiger partial charge on any atom is -0.379 e. The predicted octanol–water partition coefficient (Wildman–Crippen LogP) is 1.13. The zero-order valence-electron chi connectivity index (χ0n) is 9.06. The van der Waals surface area contributed by atoms with E-state index in [1.54, 1.807) is 12.4 Å². The Kier molecular flexibility index (Phi) is 5.92. The maximum Gasteiger partial charge on any atom is 0.0949 e. The second-order valence-corrected chi connectivity index (χ2v) is 3.07. The highest BCUT2D eigenvalue weighted by Gasteiger charge is 2.08. The van der Waals surface area contributed by atoms with Crippen LogP contribution in [0.2, 0.25) is 0 Å². The molecule has 1 heterocycles. The molecule has 4 nitrogen and oxygen atoms in total. The van der Waals surface area contributed by atoms with Gasteiger partial charge >= 0.3 is 0 Å². The standard InChI is InChI=1S/C11H18N2O2/c1-2-14-7-8-15-11(9-12)10-3-5-13-6-4-10/h3-6,11H,2,7-9,12H2,1H3. The largest absolute Gasteiger partial charge is 0.379 e. The van der Waals surface area contributed by atoms with Gasteiger partial charge in [-0.1, -0.05) is 0 Å². The third kappa shape index (κ3) is 4.38. The van der Waals surface area contributed by atoms with Crippen molar-refractivity contribution in [2.45, 2.75) is 13.0 Å². The summed E-state index contributed by atoms with van der Waals surface area (Å²) in [5.41, 5.74) is 6.69. The van der Waals surface area contributed by atoms with E-state index in [-0.39, 0.29) is 6.10 Å². The van der Waals surface area contributed by atoms with Crippen LogP contribution in [0, 0.1) is 0 Å². The summed E-state index contributed by atoms with van der Waals surface area (Å²) < 4.78 is 10.8. The number of aromatic nitrogens is 1.